The third kappa shape index (κ3) is 6.32. The van der Waals surface area contributed by atoms with Crippen molar-refractivity contribution in [1.82, 2.24) is 9.80 Å². The lowest BCUT2D eigenvalue weighted by atomic mass is 10.1. The van der Waals surface area contributed by atoms with E-state index in [2.05, 4.69) is 11.5 Å². The standard InChI is InChI=1S/C21H27N3O4/c1-16(2)28-21(25)24-11-9-23(10-12-24)14-17(3)13-20(26-4)18-5-7-19(8-6-18)27-15-22/h5-8,13,16H,3,9-12,14H2,1-2,4H3/b20-13-. The highest BCUT2D eigenvalue weighted by Gasteiger charge is 2.22. The van der Waals surface area contributed by atoms with Crippen LogP contribution in [0.15, 0.2) is 42.5 Å². The van der Waals surface area contributed by atoms with Crippen LogP contribution in [0.4, 0.5) is 4.79 Å². The summed E-state index contributed by atoms with van der Waals surface area (Å²) in [5.41, 5.74) is 1.78. The number of carbonyl (C=O) groups excluding carboxylic acids is 1. The first-order chi connectivity index (χ1) is 13.4. The Balaban J connectivity index is 1.90. The van der Waals surface area contributed by atoms with Crippen molar-refractivity contribution in [3.05, 3.63) is 48.1 Å². The van der Waals surface area contributed by atoms with Crippen LogP contribution >= 0.6 is 0 Å². The highest BCUT2D eigenvalue weighted by atomic mass is 16.6. The number of rotatable bonds is 7. The van der Waals surface area contributed by atoms with E-state index in [9.17, 15) is 4.79 Å². The largest absolute Gasteiger partial charge is 0.496 e. The number of amides is 1. The molecule has 0 atom stereocenters. The number of nitrogens with zero attached hydrogens (tertiary/aromatic N) is 3. The molecule has 0 unspecified atom stereocenters. The maximum atomic E-state index is 12.0. The zero-order valence-corrected chi connectivity index (χ0v) is 16.7. The molecule has 0 N–H and O–H groups in total. The fourth-order valence-electron chi connectivity index (χ4n) is 2.88. The van der Waals surface area contributed by atoms with Crippen molar-refractivity contribution in [2.75, 3.05) is 39.8 Å². The maximum Gasteiger partial charge on any atom is 0.410 e. The Kier molecular flexibility index (Phi) is 7.90. The van der Waals surface area contributed by atoms with Gasteiger partial charge in [-0.05, 0) is 49.8 Å². The van der Waals surface area contributed by atoms with Gasteiger partial charge in [0.15, 0.2) is 0 Å². The molecule has 1 heterocycles. The average Bonchev–Trinajstić information content (AvgIpc) is 2.67. The number of ether oxygens (including phenoxy) is 3. The lowest BCUT2D eigenvalue weighted by Gasteiger charge is -2.34. The Morgan fingerprint density at radius 3 is 2.43 bits per heavy atom. The summed E-state index contributed by atoms with van der Waals surface area (Å²) in [6.45, 7) is 11.3. The van der Waals surface area contributed by atoms with Gasteiger partial charge in [0.25, 0.3) is 6.26 Å². The molecular weight excluding hydrogens is 358 g/mol. The Labute approximate surface area is 166 Å². The summed E-state index contributed by atoms with van der Waals surface area (Å²) in [6, 6.07) is 7.08. The van der Waals surface area contributed by atoms with Crippen molar-refractivity contribution >= 4 is 11.9 Å². The van der Waals surface area contributed by atoms with Gasteiger partial charge in [0.05, 0.1) is 13.2 Å². The minimum atomic E-state index is -0.251. The average molecular weight is 385 g/mol. The van der Waals surface area contributed by atoms with E-state index in [1.54, 1.807) is 30.4 Å². The number of methoxy groups -OCH3 is 1. The van der Waals surface area contributed by atoms with Gasteiger partial charge in [-0.2, -0.15) is 0 Å². The molecule has 1 fully saturated rings. The van der Waals surface area contributed by atoms with Gasteiger partial charge in [0, 0.05) is 38.3 Å². The van der Waals surface area contributed by atoms with Crippen molar-refractivity contribution in [2.24, 2.45) is 0 Å². The van der Waals surface area contributed by atoms with Crippen molar-refractivity contribution < 1.29 is 19.0 Å². The summed E-state index contributed by atoms with van der Waals surface area (Å²) in [4.78, 5) is 15.9. The number of hydrogen-bond acceptors (Lipinski definition) is 6. The molecule has 0 radical (unpaired) electrons. The molecule has 150 valence electrons. The molecule has 1 aliphatic heterocycles. The summed E-state index contributed by atoms with van der Waals surface area (Å²) < 4.78 is 15.5. The Morgan fingerprint density at radius 2 is 1.89 bits per heavy atom. The van der Waals surface area contributed by atoms with Crippen molar-refractivity contribution in [2.45, 2.75) is 20.0 Å². The van der Waals surface area contributed by atoms with Crippen molar-refractivity contribution in [3.8, 4) is 12.0 Å². The highest BCUT2D eigenvalue weighted by molar-refractivity contribution is 5.68. The van der Waals surface area contributed by atoms with Crippen LogP contribution in [0, 0.1) is 11.5 Å². The number of nitriles is 1. The number of benzene rings is 1. The summed E-state index contributed by atoms with van der Waals surface area (Å²) in [6.07, 6.45) is 3.19. The molecule has 0 saturated carbocycles. The monoisotopic (exact) mass is 385 g/mol. The van der Waals surface area contributed by atoms with E-state index in [1.807, 2.05) is 32.1 Å². The van der Waals surface area contributed by atoms with Gasteiger partial charge in [0.1, 0.15) is 11.5 Å². The summed E-state index contributed by atoms with van der Waals surface area (Å²) in [5.74, 6) is 1.17. The lowest BCUT2D eigenvalue weighted by molar-refractivity contribution is 0.0588. The van der Waals surface area contributed by atoms with Crippen LogP contribution in [0.2, 0.25) is 0 Å². The second-order valence-corrected chi connectivity index (χ2v) is 6.78. The van der Waals surface area contributed by atoms with Crippen molar-refractivity contribution in [1.29, 1.82) is 5.26 Å². The van der Waals surface area contributed by atoms with Gasteiger partial charge in [-0.3, -0.25) is 4.90 Å². The van der Waals surface area contributed by atoms with E-state index >= 15 is 0 Å². The molecule has 1 saturated heterocycles. The molecule has 0 aliphatic carbocycles. The maximum absolute atomic E-state index is 12.0. The van der Waals surface area contributed by atoms with Crippen LogP contribution in [-0.2, 0) is 9.47 Å². The fraction of sp³-hybridized carbons (Fsp3) is 0.429. The van der Waals surface area contributed by atoms with E-state index in [-0.39, 0.29) is 12.2 Å². The predicted octanol–water partition coefficient (Wildman–Crippen LogP) is 3.25. The van der Waals surface area contributed by atoms with Gasteiger partial charge in [-0.25, -0.2) is 4.79 Å². The second-order valence-electron chi connectivity index (χ2n) is 6.78. The molecule has 28 heavy (non-hydrogen) atoms. The van der Waals surface area contributed by atoms with E-state index in [1.165, 1.54) is 0 Å². The van der Waals surface area contributed by atoms with E-state index < -0.39 is 0 Å². The topological polar surface area (TPSA) is 75.0 Å². The molecule has 1 amide bonds. The minimum absolute atomic E-state index is 0.108. The Morgan fingerprint density at radius 1 is 1.25 bits per heavy atom. The quantitative estimate of drug-likeness (QED) is 0.407. The molecule has 7 heteroatoms. The number of hydrogen-bond donors (Lipinski definition) is 0. The van der Waals surface area contributed by atoms with Gasteiger partial charge >= 0.3 is 6.09 Å². The first-order valence-electron chi connectivity index (χ1n) is 9.20. The molecule has 0 spiro atoms. The molecule has 1 aromatic carbocycles. The highest BCUT2D eigenvalue weighted by Crippen LogP contribution is 2.21. The predicted molar refractivity (Wildman–Crippen MR) is 106 cm³/mol. The molecule has 1 aliphatic rings. The van der Waals surface area contributed by atoms with Gasteiger partial charge in [0.2, 0.25) is 0 Å². The molecular formula is C21H27N3O4. The third-order valence-electron chi connectivity index (χ3n) is 4.25. The van der Waals surface area contributed by atoms with Crippen molar-refractivity contribution in [3.63, 3.8) is 0 Å². The van der Waals surface area contributed by atoms with E-state index in [4.69, 9.17) is 19.5 Å². The fourth-order valence-corrected chi connectivity index (χ4v) is 2.88. The zero-order chi connectivity index (χ0) is 20.5. The van der Waals surface area contributed by atoms with Crippen LogP contribution < -0.4 is 4.74 Å². The van der Waals surface area contributed by atoms with Crippen LogP contribution in [0.25, 0.3) is 5.76 Å². The third-order valence-corrected chi connectivity index (χ3v) is 4.25. The van der Waals surface area contributed by atoms with E-state index in [0.717, 1.165) is 24.2 Å². The lowest BCUT2D eigenvalue weighted by Crippen LogP contribution is -2.49. The van der Waals surface area contributed by atoms with Crippen LogP contribution in [0.1, 0.15) is 19.4 Å². The van der Waals surface area contributed by atoms with Gasteiger partial charge in [-0.1, -0.05) is 6.58 Å². The van der Waals surface area contributed by atoms with E-state index in [0.29, 0.717) is 31.1 Å². The minimum Gasteiger partial charge on any atom is -0.496 e. The van der Waals surface area contributed by atoms with Crippen LogP contribution in [0.5, 0.6) is 5.75 Å². The molecule has 7 nitrogen and oxygen atoms in total. The normalized spacial score (nSPS) is 15.1. The summed E-state index contributed by atoms with van der Waals surface area (Å²) in [7, 11) is 1.61. The SMILES string of the molecule is C=C(/C=C(\OC)c1ccc(OC#N)cc1)CN1CCN(C(=O)OC(C)C)CC1. The second kappa shape index (κ2) is 10.4. The van der Waals surface area contributed by atoms with Crippen LogP contribution in [-0.4, -0.2) is 61.8 Å². The Bertz CT molecular complexity index is 742. The smallest absolute Gasteiger partial charge is 0.410 e. The molecule has 1 aromatic rings. The molecule has 0 bridgehead atoms. The number of carbonyl (C=O) groups is 1. The zero-order valence-electron chi connectivity index (χ0n) is 16.7. The summed E-state index contributed by atoms with van der Waals surface area (Å²) in [5, 5.41) is 8.55. The van der Waals surface area contributed by atoms with Gasteiger partial charge in [-0.15, -0.1) is 5.26 Å². The van der Waals surface area contributed by atoms with Crippen LogP contribution in [0.3, 0.4) is 0 Å². The first kappa shape index (κ1) is 21.3. The first-order valence-corrected chi connectivity index (χ1v) is 9.20. The Hall–Kier alpha value is -2.98. The molecule has 2 rings (SSSR count). The van der Waals surface area contributed by atoms with Gasteiger partial charge < -0.3 is 19.1 Å². The molecule has 0 aromatic heterocycles. The number of piperazine rings is 1. The summed E-state index contributed by atoms with van der Waals surface area (Å²) >= 11 is 0.